The van der Waals surface area contributed by atoms with Crippen LogP contribution in [-0.4, -0.2) is 26.0 Å². The molecule has 0 saturated carbocycles. The molecule has 1 aromatic carbocycles. The first kappa shape index (κ1) is 18.2. The molecule has 4 aromatic rings. The molecule has 0 saturated heterocycles. The van der Waals surface area contributed by atoms with E-state index in [-0.39, 0.29) is 0 Å². The van der Waals surface area contributed by atoms with E-state index in [1.54, 1.807) is 25.3 Å². The number of pyridine rings is 1. The van der Waals surface area contributed by atoms with Crippen LogP contribution in [0.5, 0.6) is 0 Å². The SMILES string of the molecule is CC(C(=O)O)c1ccc(CNc2ccc(-c3nc4ncc(Br)cc4[nH]3)cc2)o1. The van der Waals surface area contributed by atoms with Crippen LogP contribution in [0.3, 0.4) is 0 Å². The number of carboxylic acid groups (broad SMARTS) is 1. The van der Waals surface area contributed by atoms with E-state index in [1.807, 2.05) is 30.3 Å². The van der Waals surface area contributed by atoms with E-state index in [0.29, 0.717) is 23.7 Å². The Morgan fingerprint density at radius 3 is 2.82 bits per heavy atom. The molecule has 0 fully saturated rings. The molecule has 1 unspecified atom stereocenters. The molecular formula is C20H17BrN4O3. The average molecular weight is 441 g/mol. The van der Waals surface area contributed by atoms with Crippen molar-refractivity contribution in [3.8, 4) is 11.4 Å². The second-order valence-corrected chi connectivity index (χ2v) is 7.32. The van der Waals surface area contributed by atoms with Gasteiger partial charge in [0.15, 0.2) is 5.65 Å². The summed E-state index contributed by atoms with van der Waals surface area (Å²) in [5.41, 5.74) is 3.42. The first-order valence-corrected chi connectivity index (χ1v) is 9.46. The van der Waals surface area contributed by atoms with E-state index < -0.39 is 11.9 Å². The zero-order valence-electron chi connectivity index (χ0n) is 14.9. The van der Waals surface area contributed by atoms with Crippen molar-refractivity contribution in [2.24, 2.45) is 0 Å². The van der Waals surface area contributed by atoms with Crippen LogP contribution in [0.2, 0.25) is 0 Å². The number of imidazole rings is 1. The summed E-state index contributed by atoms with van der Waals surface area (Å²) in [6, 6.07) is 13.3. The maximum absolute atomic E-state index is 11.0. The van der Waals surface area contributed by atoms with Crippen molar-refractivity contribution in [3.05, 3.63) is 64.7 Å². The number of hydrogen-bond donors (Lipinski definition) is 3. The summed E-state index contributed by atoms with van der Waals surface area (Å²) >= 11 is 3.40. The number of aliphatic carboxylic acids is 1. The lowest BCUT2D eigenvalue weighted by Gasteiger charge is -2.06. The standard InChI is InChI=1S/C20H17BrN4O3/c1-11(20(26)27)17-7-6-15(28-17)10-22-14-4-2-12(3-5-14)18-24-16-8-13(21)9-23-19(16)25-18/h2-9,11,22H,10H2,1H3,(H,26,27)(H,23,24,25). The molecule has 0 spiro atoms. The molecular weight excluding hydrogens is 424 g/mol. The Kier molecular flexibility index (Phi) is 4.87. The van der Waals surface area contributed by atoms with Gasteiger partial charge in [-0.2, -0.15) is 0 Å². The van der Waals surface area contributed by atoms with Crippen molar-refractivity contribution >= 4 is 38.8 Å². The van der Waals surface area contributed by atoms with E-state index in [1.165, 1.54) is 0 Å². The van der Waals surface area contributed by atoms with Gasteiger partial charge in [0.2, 0.25) is 0 Å². The summed E-state index contributed by atoms with van der Waals surface area (Å²) < 4.78 is 6.49. The summed E-state index contributed by atoms with van der Waals surface area (Å²) in [6.45, 7) is 2.07. The number of nitrogens with one attached hydrogen (secondary N) is 2. The Morgan fingerprint density at radius 1 is 1.29 bits per heavy atom. The van der Waals surface area contributed by atoms with Crippen LogP contribution < -0.4 is 5.32 Å². The number of benzene rings is 1. The van der Waals surface area contributed by atoms with E-state index in [0.717, 1.165) is 27.1 Å². The minimum absolute atomic E-state index is 0.449. The van der Waals surface area contributed by atoms with Gasteiger partial charge in [0, 0.05) is 21.9 Å². The largest absolute Gasteiger partial charge is 0.481 e. The highest BCUT2D eigenvalue weighted by atomic mass is 79.9. The molecule has 7 nitrogen and oxygen atoms in total. The van der Waals surface area contributed by atoms with E-state index in [2.05, 4.69) is 36.2 Å². The van der Waals surface area contributed by atoms with Crippen LogP contribution in [0.4, 0.5) is 5.69 Å². The third-order valence-electron chi connectivity index (χ3n) is 4.41. The van der Waals surface area contributed by atoms with Gasteiger partial charge in [0.25, 0.3) is 0 Å². The van der Waals surface area contributed by atoms with Crippen molar-refractivity contribution < 1.29 is 14.3 Å². The van der Waals surface area contributed by atoms with Gasteiger partial charge in [0.1, 0.15) is 23.3 Å². The molecule has 3 aromatic heterocycles. The Labute approximate surface area is 169 Å². The number of nitrogens with zero attached hydrogens (tertiary/aromatic N) is 2. The Morgan fingerprint density at radius 2 is 2.07 bits per heavy atom. The second kappa shape index (κ2) is 7.47. The Hall–Kier alpha value is -3.13. The minimum Gasteiger partial charge on any atom is -0.481 e. The normalized spacial score (nSPS) is 12.2. The number of aromatic nitrogens is 3. The van der Waals surface area contributed by atoms with Crippen molar-refractivity contribution in [1.29, 1.82) is 0 Å². The molecule has 8 heteroatoms. The fourth-order valence-corrected chi connectivity index (χ4v) is 3.12. The van der Waals surface area contributed by atoms with E-state index in [4.69, 9.17) is 9.52 Å². The summed E-state index contributed by atoms with van der Waals surface area (Å²) in [5, 5.41) is 12.3. The highest BCUT2D eigenvalue weighted by Gasteiger charge is 2.17. The number of anilines is 1. The number of rotatable bonds is 6. The molecule has 3 heterocycles. The third kappa shape index (κ3) is 3.77. The lowest BCUT2D eigenvalue weighted by molar-refractivity contribution is -0.138. The molecule has 28 heavy (non-hydrogen) atoms. The van der Waals surface area contributed by atoms with Gasteiger partial charge in [0.05, 0.1) is 12.1 Å². The van der Waals surface area contributed by atoms with Crippen LogP contribution in [0.1, 0.15) is 24.4 Å². The summed E-state index contributed by atoms with van der Waals surface area (Å²) in [7, 11) is 0. The number of furan rings is 1. The lowest BCUT2D eigenvalue weighted by atomic mass is 10.1. The van der Waals surface area contributed by atoms with Crippen molar-refractivity contribution in [2.45, 2.75) is 19.4 Å². The van der Waals surface area contributed by atoms with E-state index >= 15 is 0 Å². The lowest BCUT2D eigenvalue weighted by Crippen LogP contribution is -2.06. The zero-order chi connectivity index (χ0) is 19.7. The highest BCUT2D eigenvalue weighted by Crippen LogP contribution is 2.24. The molecule has 4 rings (SSSR count). The quantitative estimate of drug-likeness (QED) is 0.398. The number of carboxylic acids is 1. The predicted molar refractivity (Wildman–Crippen MR) is 109 cm³/mol. The molecule has 3 N–H and O–H groups in total. The van der Waals surface area contributed by atoms with Gasteiger partial charge in [-0.05, 0) is 65.3 Å². The maximum atomic E-state index is 11.0. The van der Waals surface area contributed by atoms with Gasteiger partial charge in [-0.25, -0.2) is 9.97 Å². The van der Waals surface area contributed by atoms with Gasteiger partial charge in [-0.15, -0.1) is 0 Å². The third-order valence-corrected chi connectivity index (χ3v) is 4.84. The average Bonchev–Trinajstić information content (AvgIpc) is 3.32. The zero-order valence-corrected chi connectivity index (χ0v) is 16.5. The molecule has 0 amide bonds. The van der Waals surface area contributed by atoms with Gasteiger partial charge in [-0.1, -0.05) is 0 Å². The monoisotopic (exact) mass is 440 g/mol. The van der Waals surface area contributed by atoms with Crippen molar-refractivity contribution in [1.82, 2.24) is 15.0 Å². The minimum atomic E-state index is -0.905. The molecule has 0 aliphatic heterocycles. The van der Waals surface area contributed by atoms with Crippen LogP contribution in [-0.2, 0) is 11.3 Å². The van der Waals surface area contributed by atoms with Crippen molar-refractivity contribution in [3.63, 3.8) is 0 Å². The van der Waals surface area contributed by atoms with Crippen LogP contribution >= 0.6 is 15.9 Å². The maximum Gasteiger partial charge on any atom is 0.313 e. The van der Waals surface area contributed by atoms with Gasteiger partial charge >= 0.3 is 5.97 Å². The van der Waals surface area contributed by atoms with Gasteiger partial charge in [-0.3, -0.25) is 4.79 Å². The van der Waals surface area contributed by atoms with Gasteiger partial charge < -0.3 is 19.8 Å². The molecule has 1 atom stereocenters. The number of aromatic amines is 1. The number of hydrogen-bond acceptors (Lipinski definition) is 5. The first-order chi connectivity index (χ1) is 13.5. The molecule has 142 valence electrons. The molecule has 0 aliphatic rings. The van der Waals surface area contributed by atoms with Crippen molar-refractivity contribution in [2.75, 3.05) is 5.32 Å². The van der Waals surface area contributed by atoms with Crippen LogP contribution in [0.15, 0.2) is 57.6 Å². The summed E-state index contributed by atoms with van der Waals surface area (Å²) in [5.74, 6) is 0.320. The Bertz CT molecular complexity index is 1130. The fraction of sp³-hybridized carbons (Fsp3) is 0.150. The first-order valence-electron chi connectivity index (χ1n) is 8.66. The number of carbonyl (C=O) groups is 1. The fourth-order valence-electron chi connectivity index (χ4n) is 2.79. The molecule has 0 aliphatic carbocycles. The summed E-state index contributed by atoms with van der Waals surface area (Å²) in [6.07, 6.45) is 1.72. The predicted octanol–water partition coefficient (Wildman–Crippen LogP) is 4.78. The van der Waals surface area contributed by atoms with Crippen LogP contribution in [0, 0.1) is 0 Å². The molecule has 0 radical (unpaired) electrons. The topological polar surface area (TPSA) is 104 Å². The number of halogens is 1. The number of H-pyrrole nitrogens is 1. The summed E-state index contributed by atoms with van der Waals surface area (Å²) in [4.78, 5) is 23.1. The van der Waals surface area contributed by atoms with E-state index in [9.17, 15) is 4.79 Å². The van der Waals surface area contributed by atoms with Crippen LogP contribution in [0.25, 0.3) is 22.6 Å². The Balaban J connectivity index is 1.44. The smallest absolute Gasteiger partial charge is 0.313 e. The highest BCUT2D eigenvalue weighted by molar-refractivity contribution is 9.10. The second-order valence-electron chi connectivity index (χ2n) is 6.41. The molecule has 0 bridgehead atoms. The number of fused-ring (bicyclic) bond motifs is 1.